The fourth-order valence-electron chi connectivity index (χ4n) is 2.27. The summed E-state index contributed by atoms with van der Waals surface area (Å²) in [6, 6.07) is 0. The van der Waals surface area contributed by atoms with E-state index in [4.69, 9.17) is 14.3 Å². The molecule has 0 rings (SSSR count). The molecule has 2 N–H and O–H groups in total. The van der Waals surface area contributed by atoms with Crippen LogP contribution in [0.25, 0.3) is 0 Å². The summed E-state index contributed by atoms with van der Waals surface area (Å²) in [7, 11) is -11.7. The molecule has 0 radical (unpaired) electrons. The molecule has 0 saturated heterocycles. The number of phosphoric ester groups is 1. The highest BCUT2D eigenvalue weighted by atomic mass is 31.2. The first-order valence-electron chi connectivity index (χ1n) is 10.3. The van der Waals surface area contributed by atoms with Crippen LogP contribution in [0.5, 0.6) is 0 Å². The molecule has 2 atom stereocenters. The maximum absolute atomic E-state index is 11.5. The van der Waals surface area contributed by atoms with Crippen molar-refractivity contribution in [1.82, 2.24) is 0 Å². The van der Waals surface area contributed by atoms with Gasteiger partial charge in [0.15, 0.2) is 0 Å². The Labute approximate surface area is 181 Å². The van der Waals surface area contributed by atoms with Crippen LogP contribution in [0.15, 0.2) is 0 Å². The highest BCUT2D eigenvalue weighted by molar-refractivity contribution is 7.50. The number of unbranched alkanes of at least 4 members (excludes halogenated alkanes) is 9. The third-order valence-corrected chi connectivity index (χ3v) is 5.26. The summed E-state index contributed by atoms with van der Waals surface area (Å²) < 4.78 is 45.5. The van der Waals surface area contributed by atoms with Crippen LogP contribution in [0.2, 0.25) is 0 Å². The molecule has 0 amide bonds. The van der Waals surface area contributed by atoms with E-state index < -0.39 is 23.0 Å². The standard InChI is InChI=1S/C16H36O7P2.CH5O3P/c1-3-4-5-6-7-8-9-10-11-12-14-22-25(19,20)23-16-13-15-21-24(2,17)18;1-5(2,3)4/h3-16H2,1-2H3,(H,17,18)(H,19,20);1H3,(H2,2,3,4)/p-2. The molecular weight excluding hydrogens is 457 g/mol. The number of hydrogen-bond acceptors (Lipinski definition) is 8. The Morgan fingerprint density at radius 3 is 1.37 bits per heavy atom. The van der Waals surface area contributed by atoms with Gasteiger partial charge in [-0.25, -0.2) is 0 Å². The van der Waals surface area contributed by atoms with E-state index in [9.17, 15) is 23.5 Å². The Morgan fingerprint density at radius 1 is 0.633 bits per heavy atom. The van der Waals surface area contributed by atoms with Crippen molar-refractivity contribution in [2.24, 2.45) is 0 Å². The molecule has 0 aromatic carbocycles. The smallest absolute Gasteiger partial charge is 0.322 e. The van der Waals surface area contributed by atoms with E-state index in [1.165, 1.54) is 44.9 Å². The Kier molecular flexibility index (Phi) is 20.6. The molecule has 0 saturated carbocycles. The van der Waals surface area contributed by atoms with Gasteiger partial charge in [0.1, 0.15) is 7.60 Å². The predicted octanol–water partition coefficient (Wildman–Crippen LogP) is 3.79. The minimum absolute atomic E-state index is 0.101. The molecule has 13 heteroatoms. The lowest BCUT2D eigenvalue weighted by Crippen LogP contribution is -2.11. The predicted molar refractivity (Wildman–Crippen MR) is 113 cm³/mol. The second-order valence-electron chi connectivity index (χ2n) is 7.09. The second-order valence-corrected chi connectivity index (χ2v) is 12.0. The van der Waals surface area contributed by atoms with Gasteiger partial charge < -0.3 is 37.7 Å². The van der Waals surface area contributed by atoms with Crippen LogP contribution in [0, 0.1) is 0 Å². The molecule has 184 valence electrons. The van der Waals surface area contributed by atoms with Crippen molar-refractivity contribution in [3.63, 3.8) is 0 Å². The molecule has 0 aromatic rings. The van der Waals surface area contributed by atoms with Crippen molar-refractivity contribution in [2.75, 3.05) is 33.2 Å². The van der Waals surface area contributed by atoms with Gasteiger partial charge in [-0.3, -0.25) is 9.13 Å². The van der Waals surface area contributed by atoms with Crippen LogP contribution in [0.4, 0.5) is 0 Å². The molecule has 0 bridgehead atoms. The van der Waals surface area contributed by atoms with Gasteiger partial charge in [0.05, 0.1) is 19.8 Å². The van der Waals surface area contributed by atoms with Crippen LogP contribution in [0.1, 0.15) is 77.6 Å². The van der Waals surface area contributed by atoms with E-state index in [1.54, 1.807) is 0 Å². The molecule has 0 aromatic heterocycles. The van der Waals surface area contributed by atoms with Gasteiger partial charge in [0, 0.05) is 13.3 Å². The van der Waals surface area contributed by atoms with E-state index in [0.29, 0.717) is 6.42 Å². The fraction of sp³-hybridized carbons (Fsp3) is 1.00. The van der Waals surface area contributed by atoms with Gasteiger partial charge in [-0.2, -0.15) is 0 Å². The minimum Gasteiger partial charge on any atom is -0.779 e. The van der Waals surface area contributed by atoms with Crippen LogP contribution in [-0.4, -0.2) is 42.9 Å². The summed E-state index contributed by atoms with van der Waals surface area (Å²) in [4.78, 5) is 37.5. The number of rotatable bonds is 18. The highest BCUT2D eigenvalue weighted by Crippen LogP contribution is 2.38. The lowest BCUT2D eigenvalue weighted by Gasteiger charge is -2.23. The molecule has 10 nitrogen and oxygen atoms in total. The first-order valence-corrected chi connectivity index (χ1v) is 15.8. The Balaban J connectivity index is 0. The zero-order valence-corrected chi connectivity index (χ0v) is 21.1. The summed E-state index contributed by atoms with van der Waals surface area (Å²) in [5.41, 5.74) is 0. The van der Waals surface area contributed by atoms with Gasteiger partial charge in [0.25, 0.3) is 7.82 Å². The van der Waals surface area contributed by atoms with Gasteiger partial charge in [0.2, 0.25) is 0 Å². The zero-order chi connectivity index (χ0) is 23.5. The van der Waals surface area contributed by atoms with Crippen LogP contribution < -0.4 is 9.79 Å². The number of phosphoric acid groups is 1. The molecule has 2 unspecified atom stereocenters. The molecule has 0 fully saturated rings. The molecule has 30 heavy (non-hydrogen) atoms. The van der Waals surface area contributed by atoms with Crippen molar-refractivity contribution < 1.29 is 46.8 Å². The molecule has 0 aliphatic rings. The van der Waals surface area contributed by atoms with E-state index >= 15 is 0 Å². The van der Waals surface area contributed by atoms with Crippen LogP contribution >= 0.6 is 23.0 Å². The highest BCUT2D eigenvalue weighted by Gasteiger charge is 2.09. The van der Waals surface area contributed by atoms with E-state index in [-0.39, 0.29) is 26.2 Å². The van der Waals surface area contributed by atoms with Crippen molar-refractivity contribution in [2.45, 2.75) is 77.6 Å². The third-order valence-electron chi connectivity index (χ3n) is 3.61. The van der Waals surface area contributed by atoms with Gasteiger partial charge >= 0.3 is 7.60 Å². The Bertz CT molecular complexity index is 524. The molecule has 0 spiro atoms. The first kappa shape index (κ1) is 32.6. The summed E-state index contributed by atoms with van der Waals surface area (Å²) in [5, 5.41) is 0. The summed E-state index contributed by atoms with van der Waals surface area (Å²) in [6.45, 7) is 3.89. The maximum atomic E-state index is 11.5. The van der Waals surface area contributed by atoms with E-state index in [0.717, 1.165) is 26.2 Å². The van der Waals surface area contributed by atoms with E-state index in [1.807, 2.05) is 0 Å². The largest absolute Gasteiger partial charge is 0.779 e. The molecule has 0 aliphatic carbocycles. The van der Waals surface area contributed by atoms with Gasteiger partial charge in [-0.05, 0) is 12.8 Å². The normalized spacial score (nSPS) is 15.7. The third kappa shape index (κ3) is 35.8. The van der Waals surface area contributed by atoms with Crippen molar-refractivity contribution in [3.05, 3.63) is 0 Å². The SMILES string of the molecule is CCCCCCCCCCCCOP(=O)([O-])OCCCOP(C)(=O)[O-].CP(=O)(O)O. The average molecular weight is 496 g/mol. The van der Waals surface area contributed by atoms with Gasteiger partial charge in [-0.15, -0.1) is 0 Å². The van der Waals surface area contributed by atoms with Crippen molar-refractivity contribution in [1.29, 1.82) is 0 Å². The fourth-order valence-corrected chi connectivity index (χ4v) is 3.51. The van der Waals surface area contributed by atoms with Crippen LogP contribution in [0.3, 0.4) is 0 Å². The number of hydrogen-bond donors (Lipinski definition) is 2. The molecular formula is C17H39O10P3-2. The van der Waals surface area contributed by atoms with Crippen molar-refractivity contribution in [3.8, 4) is 0 Å². The van der Waals surface area contributed by atoms with Crippen molar-refractivity contribution >= 4 is 23.0 Å². The van der Waals surface area contributed by atoms with Gasteiger partial charge in [-0.1, -0.05) is 64.7 Å². The summed E-state index contributed by atoms with van der Waals surface area (Å²) in [6.07, 6.45) is 11.8. The monoisotopic (exact) mass is 496 g/mol. The average Bonchev–Trinajstić information content (AvgIpc) is 2.57. The lowest BCUT2D eigenvalue weighted by molar-refractivity contribution is -0.225. The summed E-state index contributed by atoms with van der Waals surface area (Å²) in [5.74, 6) is 0. The molecule has 0 aliphatic heterocycles. The molecule has 0 heterocycles. The topological polar surface area (TPSA) is 165 Å². The quantitative estimate of drug-likeness (QED) is 0.211. The second kappa shape index (κ2) is 18.9. The Hall–Kier alpha value is 0.410. The lowest BCUT2D eigenvalue weighted by atomic mass is 10.1. The van der Waals surface area contributed by atoms with Crippen LogP contribution in [-0.2, 0) is 27.3 Å². The first-order chi connectivity index (χ1) is 13.8. The van der Waals surface area contributed by atoms with E-state index in [2.05, 4.69) is 16.0 Å². The zero-order valence-electron chi connectivity index (χ0n) is 18.4. The maximum Gasteiger partial charge on any atom is 0.322 e. The summed E-state index contributed by atoms with van der Waals surface area (Å²) >= 11 is 0. The Morgan fingerprint density at radius 2 is 0.967 bits per heavy atom. The minimum atomic E-state index is -4.30.